The highest BCUT2D eigenvalue weighted by atomic mass is 16.5. The van der Waals surface area contributed by atoms with Gasteiger partial charge in [0.25, 0.3) is 0 Å². The lowest BCUT2D eigenvalue weighted by molar-refractivity contribution is 0.00483. The molecule has 180 valence electrons. The quantitative estimate of drug-likeness (QED) is 0.389. The Kier molecular flexibility index (Phi) is 13.0. The standard InChI is InChI=1S/C24H50N2O4/c1-7-24(6,8-2)19-21(27)9-15-29-17-18-30-16-10-22(28)20-25-11-13-26(14-12-25)23(3,4)5/h21-22,27-28H,7-20H2,1-6H3. The molecule has 2 N–H and O–H groups in total. The summed E-state index contributed by atoms with van der Waals surface area (Å²) in [6.45, 7) is 20.5. The third-order valence-electron chi connectivity index (χ3n) is 6.79. The minimum atomic E-state index is -0.339. The van der Waals surface area contributed by atoms with Crippen LogP contribution in [0, 0.1) is 5.41 Å². The maximum atomic E-state index is 10.3. The molecule has 2 unspecified atom stereocenters. The average Bonchev–Trinajstić information content (AvgIpc) is 2.69. The molecule has 6 nitrogen and oxygen atoms in total. The molecular weight excluding hydrogens is 380 g/mol. The van der Waals surface area contributed by atoms with Gasteiger partial charge in [-0.05, 0) is 45.4 Å². The third-order valence-corrected chi connectivity index (χ3v) is 6.79. The van der Waals surface area contributed by atoms with Crippen molar-refractivity contribution < 1.29 is 19.7 Å². The summed E-state index contributed by atoms with van der Waals surface area (Å²) in [7, 11) is 0. The molecule has 1 saturated heterocycles. The Balaban J connectivity index is 1.99. The number of aliphatic hydroxyl groups excluding tert-OH is 2. The van der Waals surface area contributed by atoms with Gasteiger partial charge in [-0.2, -0.15) is 0 Å². The predicted octanol–water partition coefficient (Wildman–Crippen LogP) is 3.15. The van der Waals surface area contributed by atoms with Crippen molar-refractivity contribution >= 4 is 0 Å². The first-order valence-electron chi connectivity index (χ1n) is 12.1. The third kappa shape index (κ3) is 11.4. The molecular formula is C24H50N2O4. The number of rotatable bonds is 15. The maximum Gasteiger partial charge on any atom is 0.0700 e. The van der Waals surface area contributed by atoms with Crippen molar-refractivity contribution in [2.75, 3.05) is 59.2 Å². The molecule has 30 heavy (non-hydrogen) atoms. The van der Waals surface area contributed by atoms with Crippen LogP contribution in [0.2, 0.25) is 0 Å². The number of piperazine rings is 1. The fourth-order valence-corrected chi connectivity index (χ4v) is 3.96. The van der Waals surface area contributed by atoms with Crippen LogP contribution in [-0.2, 0) is 9.47 Å². The summed E-state index contributed by atoms with van der Waals surface area (Å²) >= 11 is 0. The van der Waals surface area contributed by atoms with E-state index in [1.807, 2.05) is 0 Å². The van der Waals surface area contributed by atoms with Crippen LogP contribution in [0.25, 0.3) is 0 Å². The molecule has 0 saturated carbocycles. The summed E-state index contributed by atoms with van der Waals surface area (Å²) in [6, 6.07) is 0. The molecule has 0 aromatic carbocycles. The molecule has 0 amide bonds. The van der Waals surface area contributed by atoms with E-state index < -0.39 is 0 Å². The molecule has 0 aliphatic carbocycles. The molecule has 2 atom stereocenters. The lowest BCUT2D eigenvalue weighted by Crippen LogP contribution is -2.54. The van der Waals surface area contributed by atoms with Crippen LogP contribution in [0.3, 0.4) is 0 Å². The highest BCUT2D eigenvalue weighted by molar-refractivity contribution is 4.82. The van der Waals surface area contributed by atoms with Crippen LogP contribution in [0.1, 0.15) is 73.6 Å². The number of β-amino-alcohol motifs (C(OH)–C–C–N with tert-alkyl or cyclic N) is 1. The SMILES string of the molecule is CCC(C)(CC)CC(O)CCOCCOCCC(O)CN1CCN(C(C)(C)C)CC1. The summed E-state index contributed by atoms with van der Waals surface area (Å²) < 4.78 is 11.2. The highest BCUT2D eigenvalue weighted by Crippen LogP contribution is 2.31. The van der Waals surface area contributed by atoms with E-state index >= 15 is 0 Å². The second-order valence-electron chi connectivity index (χ2n) is 10.3. The van der Waals surface area contributed by atoms with Crippen molar-refractivity contribution in [2.45, 2.75) is 91.4 Å². The lowest BCUT2D eigenvalue weighted by atomic mass is 9.79. The first-order valence-corrected chi connectivity index (χ1v) is 12.1. The number of aliphatic hydroxyl groups is 2. The lowest BCUT2D eigenvalue weighted by Gasteiger charge is -2.42. The molecule has 0 aromatic rings. The van der Waals surface area contributed by atoms with Gasteiger partial charge in [-0.15, -0.1) is 0 Å². The van der Waals surface area contributed by atoms with Gasteiger partial charge >= 0.3 is 0 Å². The van der Waals surface area contributed by atoms with Crippen molar-refractivity contribution in [1.82, 2.24) is 9.80 Å². The molecule has 1 rings (SSSR count). The smallest absolute Gasteiger partial charge is 0.0700 e. The predicted molar refractivity (Wildman–Crippen MR) is 124 cm³/mol. The Morgan fingerprint density at radius 2 is 1.27 bits per heavy atom. The van der Waals surface area contributed by atoms with E-state index in [2.05, 4.69) is 51.3 Å². The first-order chi connectivity index (χ1) is 14.1. The van der Waals surface area contributed by atoms with Crippen molar-refractivity contribution in [3.8, 4) is 0 Å². The molecule has 1 aliphatic rings. The summed E-state index contributed by atoms with van der Waals surface area (Å²) in [4.78, 5) is 4.85. The molecule has 1 fully saturated rings. The van der Waals surface area contributed by atoms with E-state index in [-0.39, 0.29) is 23.2 Å². The van der Waals surface area contributed by atoms with E-state index in [0.29, 0.717) is 39.3 Å². The first kappa shape index (κ1) is 27.8. The average molecular weight is 431 g/mol. The van der Waals surface area contributed by atoms with Gasteiger partial charge in [0.2, 0.25) is 0 Å². The number of hydrogen-bond donors (Lipinski definition) is 2. The topological polar surface area (TPSA) is 65.4 Å². The number of ether oxygens (including phenoxy) is 2. The zero-order valence-corrected chi connectivity index (χ0v) is 20.7. The minimum Gasteiger partial charge on any atom is -0.393 e. The van der Waals surface area contributed by atoms with Gasteiger partial charge in [-0.1, -0.05) is 33.6 Å². The van der Waals surface area contributed by atoms with Crippen molar-refractivity contribution in [2.24, 2.45) is 5.41 Å². The van der Waals surface area contributed by atoms with Gasteiger partial charge in [-0.3, -0.25) is 9.80 Å². The Morgan fingerprint density at radius 3 is 1.73 bits per heavy atom. The highest BCUT2D eigenvalue weighted by Gasteiger charge is 2.26. The van der Waals surface area contributed by atoms with E-state index in [4.69, 9.17) is 9.47 Å². The van der Waals surface area contributed by atoms with Crippen LogP contribution in [-0.4, -0.2) is 96.9 Å². The van der Waals surface area contributed by atoms with Gasteiger partial charge < -0.3 is 19.7 Å². The van der Waals surface area contributed by atoms with Gasteiger partial charge in [0.15, 0.2) is 0 Å². The minimum absolute atomic E-state index is 0.226. The van der Waals surface area contributed by atoms with Crippen molar-refractivity contribution in [3.63, 3.8) is 0 Å². The Bertz CT molecular complexity index is 429. The van der Waals surface area contributed by atoms with Crippen LogP contribution >= 0.6 is 0 Å². The molecule has 0 radical (unpaired) electrons. The van der Waals surface area contributed by atoms with Crippen LogP contribution in [0.15, 0.2) is 0 Å². The molecule has 0 aromatic heterocycles. The summed E-state index contributed by atoms with van der Waals surface area (Å²) in [6.07, 6.45) is 3.72. The number of nitrogens with zero attached hydrogens (tertiary/aromatic N) is 2. The summed E-state index contributed by atoms with van der Waals surface area (Å²) in [5.74, 6) is 0. The summed E-state index contributed by atoms with van der Waals surface area (Å²) in [5, 5.41) is 20.5. The summed E-state index contributed by atoms with van der Waals surface area (Å²) in [5.41, 5.74) is 0.452. The largest absolute Gasteiger partial charge is 0.393 e. The molecule has 1 heterocycles. The Hall–Kier alpha value is -0.240. The Morgan fingerprint density at radius 1 is 0.767 bits per heavy atom. The molecule has 1 aliphatic heterocycles. The fraction of sp³-hybridized carbons (Fsp3) is 1.00. The van der Waals surface area contributed by atoms with Crippen molar-refractivity contribution in [1.29, 1.82) is 0 Å². The van der Waals surface area contributed by atoms with Gasteiger partial charge in [0, 0.05) is 51.5 Å². The number of hydrogen-bond acceptors (Lipinski definition) is 6. The van der Waals surface area contributed by atoms with Gasteiger partial charge in [0.1, 0.15) is 0 Å². The van der Waals surface area contributed by atoms with Crippen LogP contribution < -0.4 is 0 Å². The normalized spacial score (nSPS) is 19.2. The second kappa shape index (κ2) is 14.0. The van der Waals surface area contributed by atoms with E-state index in [1.54, 1.807) is 0 Å². The van der Waals surface area contributed by atoms with E-state index in [9.17, 15) is 10.2 Å². The molecule has 0 spiro atoms. The second-order valence-corrected chi connectivity index (χ2v) is 10.3. The Labute approximate surface area is 185 Å². The van der Waals surface area contributed by atoms with E-state index in [1.165, 1.54) is 0 Å². The zero-order chi connectivity index (χ0) is 22.6. The van der Waals surface area contributed by atoms with Crippen molar-refractivity contribution in [3.05, 3.63) is 0 Å². The molecule has 0 bridgehead atoms. The van der Waals surface area contributed by atoms with E-state index in [0.717, 1.165) is 52.0 Å². The van der Waals surface area contributed by atoms with Crippen LogP contribution in [0.4, 0.5) is 0 Å². The monoisotopic (exact) mass is 430 g/mol. The van der Waals surface area contributed by atoms with Gasteiger partial charge in [0.05, 0.1) is 25.4 Å². The fourth-order valence-electron chi connectivity index (χ4n) is 3.96. The maximum absolute atomic E-state index is 10.3. The van der Waals surface area contributed by atoms with Crippen LogP contribution in [0.5, 0.6) is 0 Å². The van der Waals surface area contributed by atoms with Gasteiger partial charge in [-0.25, -0.2) is 0 Å². The zero-order valence-electron chi connectivity index (χ0n) is 20.7. The molecule has 6 heteroatoms.